The minimum Gasteiger partial charge on any atom is -0.481 e. The fourth-order valence-corrected chi connectivity index (χ4v) is 4.56. The number of carboxylic acid groups (broad SMARTS) is 1. The van der Waals surface area contributed by atoms with E-state index in [1.165, 1.54) is 0 Å². The molecule has 26 heavy (non-hydrogen) atoms. The number of aliphatic hydroxyl groups excluding tert-OH is 1. The molecular formula is C19H27NO5S. The highest BCUT2D eigenvalue weighted by Crippen LogP contribution is 2.30. The number of allylic oxidation sites excluding steroid dienone is 2. The molecule has 7 heteroatoms. The number of aliphatic carboxylic acids is 1. The molecule has 1 aromatic carbocycles. The summed E-state index contributed by atoms with van der Waals surface area (Å²) >= 11 is 0. The van der Waals surface area contributed by atoms with Crippen molar-refractivity contribution in [3.63, 3.8) is 0 Å². The van der Waals surface area contributed by atoms with Gasteiger partial charge in [0.2, 0.25) is 10.0 Å². The first-order valence-corrected chi connectivity index (χ1v) is 10.4. The van der Waals surface area contributed by atoms with Crippen molar-refractivity contribution in [1.29, 1.82) is 0 Å². The summed E-state index contributed by atoms with van der Waals surface area (Å²) in [5, 5.41) is 18.8. The molecule has 1 fully saturated rings. The van der Waals surface area contributed by atoms with Crippen LogP contribution in [0.3, 0.4) is 0 Å². The largest absolute Gasteiger partial charge is 0.481 e. The number of carbonyl (C=O) groups is 1. The van der Waals surface area contributed by atoms with Crippen LogP contribution in [0.2, 0.25) is 0 Å². The number of benzene rings is 1. The Kier molecular flexibility index (Phi) is 7.37. The van der Waals surface area contributed by atoms with Gasteiger partial charge in [0.25, 0.3) is 0 Å². The lowest BCUT2D eigenvalue weighted by molar-refractivity contribution is -0.137. The van der Waals surface area contributed by atoms with Gasteiger partial charge in [-0.25, -0.2) is 13.1 Å². The van der Waals surface area contributed by atoms with Gasteiger partial charge in [0.15, 0.2) is 0 Å². The average Bonchev–Trinajstić information content (AvgIpc) is 2.90. The molecule has 1 aliphatic carbocycles. The van der Waals surface area contributed by atoms with E-state index < -0.39 is 22.1 Å². The first-order valence-electron chi connectivity index (χ1n) is 8.93. The quantitative estimate of drug-likeness (QED) is 0.451. The molecule has 1 aliphatic rings. The van der Waals surface area contributed by atoms with E-state index in [9.17, 15) is 18.3 Å². The molecule has 144 valence electrons. The Morgan fingerprint density at radius 2 is 1.92 bits per heavy atom. The average molecular weight is 381 g/mol. The monoisotopic (exact) mass is 381 g/mol. The summed E-state index contributed by atoms with van der Waals surface area (Å²) in [7, 11) is -3.62. The number of unbranched alkanes of at least 4 members (excludes halogenated alkanes) is 1. The maximum absolute atomic E-state index is 12.6. The van der Waals surface area contributed by atoms with Crippen LogP contribution in [0, 0.1) is 12.8 Å². The maximum atomic E-state index is 12.6. The molecule has 2 rings (SSSR count). The fraction of sp³-hybridized carbons (Fsp3) is 0.526. The van der Waals surface area contributed by atoms with Crippen molar-refractivity contribution >= 4 is 16.0 Å². The van der Waals surface area contributed by atoms with Crippen molar-refractivity contribution in [1.82, 2.24) is 4.72 Å². The van der Waals surface area contributed by atoms with Crippen molar-refractivity contribution in [2.45, 2.75) is 62.5 Å². The second kappa shape index (κ2) is 9.30. The van der Waals surface area contributed by atoms with Crippen molar-refractivity contribution in [3.05, 3.63) is 42.0 Å². The van der Waals surface area contributed by atoms with E-state index in [0.717, 1.165) is 5.56 Å². The maximum Gasteiger partial charge on any atom is 0.303 e. The van der Waals surface area contributed by atoms with E-state index in [2.05, 4.69) is 4.72 Å². The molecule has 0 radical (unpaired) electrons. The third kappa shape index (κ3) is 5.93. The van der Waals surface area contributed by atoms with Crippen LogP contribution in [0.15, 0.2) is 41.3 Å². The van der Waals surface area contributed by atoms with Crippen LogP contribution < -0.4 is 4.72 Å². The summed E-state index contributed by atoms with van der Waals surface area (Å²) in [5.74, 6) is -0.985. The summed E-state index contributed by atoms with van der Waals surface area (Å²) in [4.78, 5) is 10.7. The minimum atomic E-state index is -3.62. The van der Waals surface area contributed by atoms with Gasteiger partial charge < -0.3 is 10.2 Å². The van der Waals surface area contributed by atoms with E-state index in [-0.39, 0.29) is 23.3 Å². The summed E-state index contributed by atoms with van der Waals surface area (Å²) in [5.41, 5.74) is 0.992. The van der Waals surface area contributed by atoms with E-state index >= 15 is 0 Å². The van der Waals surface area contributed by atoms with Crippen LogP contribution in [0.1, 0.15) is 44.1 Å². The van der Waals surface area contributed by atoms with E-state index in [4.69, 9.17) is 5.11 Å². The van der Waals surface area contributed by atoms with Gasteiger partial charge in [-0.15, -0.1) is 0 Å². The Morgan fingerprint density at radius 3 is 2.58 bits per heavy atom. The fourth-order valence-electron chi connectivity index (χ4n) is 3.24. The highest BCUT2D eigenvalue weighted by Gasteiger charge is 2.36. The van der Waals surface area contributed by atoms with Crippen LogP contribution >= 0.6 is 0 Å². The molecule has 1 saturated carbocycles. The molecule has 0 bridgehead atoms. The zero-order chi connectivity index (χ0) is 19.2. The molecule has 0 heterocycles. The first kappa shape index (κ1) is 20.6. The van der Waals surface area contributed by atoms with Crippen molar-refractivity contribution in [2.24, 2.45) is 5.92 Å². The third-order valence-electron chi connectivity index (χ3n) is 4.76. The smallest absolute Gasteiger partial charge is 0.303 e. The molecule has 0 unspecified atom stereocenters. The summed E-state index contributed by atoms with van der Waals surface area (Å²) in [6.45, 7) is 1.90. The second-order valence-electron chi connectivity index (χ2n) is 6.84. The highest BCUT2D eigenvalue weighted by atomic mass is 32.2. The lowest BCUT2D eigenvalue weighted by atomic mass is 9.98. The number of sulfonamides is 1. The van der Waals surface area contributed by atoms with Crippen LogP contribution in [0.25, 0.3) is 0 Å². The van der Waals surface area contributed by atoms with Gasteiger partial charge in [0.1, 0.15) is 0 Å². The summed E-state index contributed by atoms with van der Waals surface area (Å²) in [6, 6.07) is 6.38. The van der Waals surface area contributed by atoms with Crippen molar-refractivity contribution in [2.75, 3.05) is 0 Å². The normalized spacial score (nSPS) is 23.5. The van der Waals surface area contributed by atoms with Crippen molar-refractivity contribution in [3.8, 4) is 0 Å². The lowest BCUT2D eigenvalue weighted by Gasteiger charge is -2.22. The lowest BCUT2D eigenvalue weighted by Crippen LogP contribution is -2.39. The highest BCUT2D eigenvalue weighted by molar-refractivity contribution is 7.89. The molecular weight excluding hydrogens is 354 g/mol. The Balaban J connectivity index is 1.94. The van der Waals surface area contributed by atoms with Gasteiger partial charge in [-0.1, -0.05) is 29.8 Å². The molecule has 3 N–H and O–H groups in total. The standard InChI is InChI=1S/C19H27NO5S/c1-14-8-10-15(11-9-14)26(24,25)20-17-12-13-18(21)16(17)6-4-2-3-5-7-19(22)23/h2,4,8-11,16-18,20-21H,3,5-7,12-13H2,1H3,(H,22,23)/b4-2-/t16-,17+,18+/m0/s1. The number of carboxylic acids is 1. The molecule has 0 aromatic heterocycles. The number of nitrogens with one attached hydrogen (secondary N) is 1. The van der Waals surface area contributed by atoms with Gasteiger partial charge >= 0.3 is 5.97 Å². The number of aryl methyl sites for hydroxylation is 1. The van der Waals surface area contributed by atoms with Gasteiger partial charge in [0.05, 0.1) is 11.0 Å². The minimum absolute atomic E-state index is 0.134. The first-order chi connectivity index (χ1) is 12.3. The van der Waals surface area contributed by atoms with Crippen LogP contribution in [-0.4, -0.2) is 36.7 Å². The van der Waals surface area contributed by atoms with Gasteiger partial charge in [-0.05, 0) is 51.2 Å². The van der Waals surface area contributed by atoms with Gasteiger partial charge in [-0.2, -0.15) is 0 Å². The zero-order valence-corrected chi connectivity index (χ0v) is 15.8. The Labute approximate surface area is 155 Å². The van der Waals surface area contributed by atoms with Gasteiger partial charge in [0, 0.05) is 18.4 Å². The molecule has 3 atom stereocenters. The number of hydrogen-bond donors (Lipinski definition) is 3. The Hall–Kier alpha value is -1.70. The predicted octanol–water partition coefficient (Wildman–Crippen LogP) is 2.61. The summed E-state index contributed by atoms with van der Waals surface area (Å²) in [6.07, 6.45) is 6.38. The Morgan fingerprint density at radius 1 is 1.23 bits per heavy atom. The number of rotatable bonds is 9. The molecule has 0 spiro atoms. The number of hydrogen-bond acceptors (Lipinski definition) is 4. The second-order valence-corrected chi connectivity index (χ2v) is 8.56. The molecule has 0 saturated heterocycles. The summed E-state index contributed by atoms with van der Waals surface area (Å²) < 4.78 is 27.9. The zero-order valence-electron chi connectivity index (χ0n) is 15.0. The topological polar surface area (TPSA) is 104 Å². The van der Waals surface area contributed by atoms with Crippen LogP contribution in [0.5, 0.6) is 0 Å². The van der Waals surface area contributed by atoms with Gasteiger partial charge in [-0.3, -0.25) is 4.79 Å². The Bertz CT molecular complexity index is 727. The molecule has 1 aromatic rings. The molecule has 0 amide bonds. The molecule has 6 nitrogen and oxygen atoms in total. The SMILES string of the molecule is Cc1ccc(S(=O)(=O)N[C@@H]2CC[C@@H](O)[C@H]2C/C=C\CCCC(=O)O)cc1. The van der Waals surface area contributed by atoms with Crippen LogP contribution in [-0.2, 0) is 14.8 Å². The van der Waals surface area contributed by atoms with E-state index in [1.807, 2.05) is 19.1 Å². The van der Waals surface area contributed by atoms with E-state index in [1.54, 1.807) is 24.3 Å². The van der Waals surface area contributed by atoms with Crippen molar-refractivity contribution < 1.29 is 23.4 Å². The van der Waals surface area contributed by atoms with E-state index in [0.29, 0.717) is 32.1 Å². The number of aliphatic hydroxyl groups is 1. The van der Waals surface area contributed by atoms with Crippen LogP contribution in [0.4, 0.5) is 0 Å². The molecule has 0 aliphatic heterocycles. The predicted molar refractivity (Wildman–Crippen MR) is 99.3 cm³/mol. The third-order valence-corrected chi connectivity index (χ3v) is 6.26.